The maximum atomic E-state index is 11.7. The highest BCUT2D eigenvalue weighted by Gasteiger charge is 2.26. The number of carbonyl (C=O) groups excluding carboxylic acids is 1. The maximum Gasteiger partial charge on any atom is 0.222 e. The molecule has 1 saturated carbocycles. The van der Waals surface area contributed by atoms with Gasteiger partial charge in [0.25, 0.3) is 0 Å². The molecular formula is C10H16N4O. The van der Waals surface area contributed by atoms with Crippen molar-refractivity contribution >= 4 is 5.91 Å². The van der Waals surface area contributed by atoms with Crippen LogP contribution in [-0.2, 0) is 11.3 Å². The number of aromatic amines is 1. The molecule has 1 fully saturated rings. The summed E-state index contributed by atoms with van der Waals surface area (Å²) < 4.78 is 0. The van der Waals surface area contributed by atoms with E-state index in [4.69, 9.17) is 0 Å². The molecular weight excluding hydrogens is 192 g/mol. The van der Waals surface area contributed by atoms with Crippen molar-refractivity contribution < 1.29 is 4.79 Å². The molecule has 1 aliphatic rings. The molecule has 1 N–H and O–H groups in total. The summed E-state index contributed by atoms with van der Waals surface area (Å²) in [5.74, 6) is 2.29. The van der Waals surface area contributed by atoms with E-state index in [1.54, 1.807) is 11.9 Å². The standard InChI is InChI=1S/C10H16N4O/c1-7-11-9(13-12-7)6-14(2)10(15)5-8-3-4-8/h8H,3-6H2,1-2H3,(H,11,12,13). The number of aromatic nitrogens is 3. The first kappa shape index (κ1) is 10.1. The van der Waals surface area contributed by atoms with Crippen LogP contribution in [0, 0.1) is 12.8 Å². The molecule has 0 spiro atoms. The Balaban J connectivity index is 1.84. The molecule has 1 aliphatic carbocycles. The van der Waals surface area contributed by atoms with Gasteiger partial charge in [0.1, 0.15) is 5.82 Å². The van der Waals surface area contributed by atoms with E-state index in [0.29, 0.717) is 24.7 Å². The highest BCUT2D eigenvalue weighted by atomic mass is 16.2. The van der Waals surface area contributed by atoms with E-state index >= 15 is 0 Å². The second-order valence-electron chi connectivity index (χ2n) is 4.23. The summed E-state index contributed by atoms with van der Waals surface area (Å²) in [5.41, 5.74) is 0. The Morgan fingerprint density at radius 2 is 2.33 bits per heavy atom. The molecule has 0 atom stereocenters. The Labute approximate surface area is 88.9 Å². The predicted octanol–water partition coefficient (Wildman–Crippen LogP) is 0.872. The predicted molar refractivity (Wildman–Crippen MR) is 54.9 cm³/mol. The van der Waals surface area contributed by atoms with Crippen LogP contribution < -0.4 is 0 Å². The van der Waals surface area contributed by atoms with Crippen LogP contribution >= 0.6 is 0 Å². The quantitative estimate of drug-likeness (QED) is 0.798. The number of aryl methyl sites for hydroxylation is 1. The van der Waals surface area contributed by atoms with E-state index in [9.17, 15) is 4.79 Å². The van der Waals surface area contributed by atoms with Crippen molar-refractivity contribution in [2.24, 2.45) is 5.92 Å². The Hall–Kier alpha value is -1.39. The highest BCUT2D eigenvalue weighted by Crippen LogP contribution is 2.32. The summed E-state index contributed by atoms with van der Waals surface area (Å²) in [7, 11) is 1.80. The van der Waals surface area contributed by atoms with Gasteiger partial charge < -0.3 is 4.90 Å². The molecule has 0 bridgehead atoms. The minimum atomic E-state index is 0.194. The molecule has 0 aliphatic heterocycles. The summed E-state index contributed by atoms with van der Waals surface area (Å²) in [6.45, 7) is 2.35. The Morgan fingerprint density at radius 3 is 2.87 bits per heavy atom. The van der Waals surface area contributed by atoms with Crippen molar-refractivity contribution in [3.63, 3.8) is 0 Å². The summed E-state index contributed by atoms with van der Waals surface area (Å²) in [5, 5.41) is 6.77. The monoisotopic (exact) mass is 208 g/mol. The van der Waals surface area contributed by atoms with Gasteiger partial charge in [-0.1, -0.05) is 0 Å². The van der Waals surface area contributed by atoms with Crippen molar-refractivity contribution in [2.75, 3.05) is 7.05 Å². The first-order chi connectivity index (χ1) is 7.15. The van der Waals surface area contributed by atoms with E-state index in [1.807, 2.05) is 6.92 Å². The molecule has 5 nitrogen and oxygen atoms in total. The van der Waals surface area contributed by atoms with Gasteiger partial charge in [0.2, 0.25) is 5.91 Å². The molecule has 15 heavy (non-hydrogen) atoms. The molecule has 5 heteroatoms. The van der Waals surface area contributed by atoms with E-state index < -0.39 is 0 Å². The molecule has 1 amide bonds. The van der Waals surface area contributed by atoms with Crippen molar-refractivity contribution in [2.45, 2.75) is 32.7 Å². The van der Waals surface area contributed by atoms with Crippen LogP contribution in [0.5, 0.6) is 0 Å². The first-order valence-corrected chi connectivity index (χ1v) is 5.27. The second-order valence-corrected chi connectivity index (χ2v) is 4.23. The summed E-state index contributed by atoms with van der Waals surface area (Å²) in [6.07, 6.45) is 3.10. The normalized spacial score (nSPS) is 15.3. The van der Waals surface area contributed by atoms with Crippen molar-refractivity contribution in [1.29, 1.82) is 0 Å². The zero-order chi connectivity index (χ0) is 10.8. The topological polar surface area (TPSA) is 61.9 Å². The second kappa shape index (κ2) is 4.00. The summed E-state index contributed by atoms with van der Waals surface area (Å²) >= 11 is 0. The fourth-order valence-electron chi connectivity index (χ4n) is 1.48. The van der Waals surface area contributed by atoms with Crippen LogP contribution in [0.15, 0.2) is 0 Å². The van der Waals surface area contributed by atoms with Crippen LogP contribution in [-0.4, -0.2) is 33.0 Å². The molecule has 1 aromatic rings. The number of nitrogens with zero attached hydrogens (tertiary/aromatic N) is 3. The number of hydrogen-bond acceptors (Lipinski definition) is 3. The maximum absolute atomic E-state index is 11.7. The molecule has 1 heterocycles. The Bertz CT molecular complexity index is 356. The lowest BCUT2D eigenvalue weighted by molar-refractivity contribution is -0.130. The smallest absolute Gasteiger partial charge is 0.222 e. The van der Waals surface area contributed by atoms with Crippen LogP contribution in [0.1, 0.15) is 30.9 Å². The van der Waals surface area contributed by atoms with Crippen LogP contribution in [0.2, 0.25) is 0 Å². The number of nitrogens with one attached hydrogen (secondary N) is 1. The van der Waals surface area contributed by atoms with Crippen LogP contribution in [0.4, 0.5) is 0 Å². The molecule has 2 rings (SSSR count). The van der Waals surface area contributed by atoms with E-state index in [1.165, 1.54) is 12.8 Å². The molecule has 0 aromatic carbocycles. The van der Waals surface area contributed by atoms with Crippen molar-refractivity contribution in [1.82, 2.24) is 20.1 Å². The lowest BCUT2D eigenvalue weighted by Gasteiger charge is -2.14. The zero-order valence-electron chi connectivity index (χ0n) is 9.16. The van der Waals surface area contributed by atoms with E-state index in [0.717, 1.165) is 5.82 Å². The molecule has 1 aromatic heterocycles. The Kier molecular flexibility index (Phi) is 2.70. The number of hydrogen-bond donors (Lipinski definition) is 1. The third-order valence-electron chi connectivity index (χ3n) is 2.61. The lowest BCUT2D eigenvalue weighted by Crippen LogP contribution is -2.26. The van der Waals surface area contributed by atoms with Gasteiger partial charge in [0.15, 0.2) is 5.82 Å². The van der Waals surface area contributed by atoms with Gasteiger partial charge in [0, 0.05) is 13.5 Å². The number of rotatable bonds is 4. The highest BCUT2D eigenvalue weighted by molar-refractivity contribution is 5.76. The zero-order valence-corrected chi connectivity index (χ0v) is 9.16. The number of H-pyrrole nitrogens is 1. The first-order valence-electron chi connectivity index (χ1n) is 5.27. The third kappa shape index (κ3) is 2.78. The minimum Gasteiger partial charge on any atom is -0.338 e. The molecule has 0 radical (unpaired) electrons. The van der Waals surface area contributed by atoms with Gasteiger partial charge >= 0.3 is 0 Å². The molecule has 82 valence electrons. The van der Waals surface area contributed by atoms with Gasteiger partial charge in [0.05, 0.1) is 6.54 Å². The average Bonchev–Trinajstić information content (AvgIpc) is 2.90. The molecule has 0 unspecified atom stereocenters. The van der Waals surface area contributed by atoms with Crippen molar-refractivity contribution in [3.8, 4) is 0 Å². The fourth-order valence-corrected chi connectivity index (χ4v) is 1.48. The number of carbonyl (C=O) groups is 1. The van der Waals surface area contributed by atoms with E-state index in [-0.39, 0.29) is 5.91 Å². The van der Waals surface area contributed by atoms with E-state index in [2.05, 4.69) is 15.2 Å². The fraction of sp³-hybridized carbons (Fsp3) is 0.700. The number of amides is 1. The summed E-state index contributed by atoms with van der Waals surface area (Å²) in [4.78, 5) is 17.5. The Morgan fingerprint density at radius 1 is 1.60 bits per heavy atom. The lowest BCUT2D eigenvalue weighted by atomic mass is 10.2. The van der Waals surface area contributed by atoms with Crippen LogP contribution in [0.3, 0.4) is 0 Å². The summed E-state index contributed by atoms with van der Waals surface area (Å²) in [6, 6.07) is 0. The van der Waals surface area contributed by atoms with Crippen LogP contribution in [0.25, 0.3) is 0 Å². The van der Waals surface area contributed by atoms with Crippen molar-refractivity contribution in [3.05, 3.63) is 11.6 Å². The SMILES string of the molecule is Cc1nc(CN(C)C(=O)CC2CC2)n[nH]1. The average molecular weight is 208 g/mol. The third-order valence-corrected chi connectivity index (χ3v) is 2.61. The van der Waals surface area contributed by atoms with Gasteiger partial charge in [-0.25, -0.2) is 4.98 Å². The van der Waals surface area contributed by atoms with Gasteiger partial charge in [-0.15, -0.1) is 0 Å². The van der Waals surface area contributed by atoms with Gasteiger partial charge in [-0.05, 0) is 25.7 Å². The largest absolute Gasteiger partial charge is 0.338 e. The van der Waals surface area contributed by atoms with Gasteiger partial charge in [-0.2, -0.15) is 5.10 Å². The minimum absolute atomic E-state index is 0.194. The molecule has 0 saturated heterocycles. The van der Waals surface area contributed by atoms with Gasteiger partial charge in [-0.3, -0.25) is 9.89 Å².